The first-order valence-corrected chi connectivity index (χ1v) is 5.05. The molecule has 3 N–H and O–H groups in total. The number of hydrogen-bond acceptors (Lipinski definition) is 5. The summed E-state index contributed by atoms with van der Waals surface area (Å²) in [6.07, 6.45) is -4.48. The molecule has 1 aromatic heterocycles. The van der Waals surface area contributed by atoms with Crippen LogP contribution in [0.25, 0.3) is 0 Å². The molecule has 1 rings (SSSR count). The first-order chi connectivity index (χ1) is 6.93. The molecular weight excluding hydrogens is 229 g/mol. The van der Waals surface area contributed by atoms with E-state index >= 15 is 0 Å². The summed E-state index contributed by atoms with van der Waals surface area (Å²) < 4.78 is 39.5. The fourth-order valence-electron chi connectivity index (χ4n) is 0.755. The van der Waals surface area contributed by atoms with Crippen molar-refractivity contribution in [2.24, 2.45) is 11.7 Å². The van der Waals surface area contributed by atoms with Gasteiger partial charge in [0.25, 0.3) is 0 Å². The van der Waals surface area contributed by atoms with Crippen molar-refractivity contribution < 1.29 is 13.2 Å². The molecule has 1 unspecified atom stereocenters. The summed E-state index contributed by atoms with van der Waals surface area (Å²) in [7, 11) is 0. The molecule has 15 heavy (non-hydrogen) atoms. The highest BCUT2D eigenvalue weighted by atomic mass is 32.1. The van der Waals surface area contributed by atoms with E-state index in [0.29, 0.717) is 24.6 Å². The van der Waals surface area contributed by atoms with Gasteiger partial charge in [-0.25, -0.2) is 0 Å². The van der Waals surface area contributed by atoms with Crippen LogP contribution >= 0.6 is 11.5 Å². The van der Waals surface area contributed by atoms with Gasteiger partial charge in [0.05, 0.1) is 0 Å². The predicted octanol–water partition coefficient (Wildman–Crippen LogP) is 1.56. The second-order valence-electron chi connectivity index (χ2n) is 3.14. The Morgan fingerprint density at radius 1 is 1.53 bits per heavy atom. The number of anilines is 1. The molecule has 1 atom stereocenters. The van der Waals surface area contributed by atoms with Crippen molar-refractivity contribution in [3.8, 4) is 0 Å². The Hall–Kier alpha value is -0.890. The van der Waals surface area contributed by atoms with E-state index < -0.39 is 12.0 Å². The van der Waals surface area contributed by atoms with Crippen LogP contribution in [-0.4, -0.2) is 22.4 Å². The second-order valence-corrected chi connectivity index (χ2v) is 3.89. The smallest absolute Gasteiger partial charge is 0.360 e. The van der Waals surface area contributed by atoms with Gasteiger partial charge in [-0.05, 0) is 12.5 Å². The van der Waals surface area contributed by atoms with Gasteiger partial charge in [-0.2, -0.15) is 22.5 Å². The molecule has 0 amide bonds. The number of nitrogens with two attached hydrogens (primary N) is 1. The molecule has 1 heterocycles. The summed E-state index contributed by atoms with van der Waals surface area (Å²) in [5.41, 5.74) is 5.36. The van der Waals surface area contributed by atoms with Crippen molar-refractivity contribution in [3.05, 3.63) is 5.82 Å². The van der Waals surface area contributed by atoms with Crippen LogP contribution < -0.4 is 11.1 Å². The minimum absolute atomic E-state index is 0.169. The highest BCUT2D eigenvalue weighted by Crippen LogP contribution is 2.28. The highest BCUT2D eigenvalue weighted by Gasteiger charge is 2.36. The van der Waals surface area contributed by atoms with Crippen molar-refractivity contribution in [1.82, 2.24) is 9.36 Å². The number of alkyl halides is 3. The number of rotatable bonds is 4. The monoisotopic (exact) mass is 240 g/mol. The third kappa shape index (κ3) is 3.63. The van der Waals surface area contributed by atoms with Gasteiger partial charge >= 0.3 is 6.18 Å². The molecule has 4 nitrogen and oxygen atoms in total. The summed E-state index contributed by atoms with van der Waals surface area (Å²) >= 11 is 0.696. The van der Waals surface area contributed by atoms with E-state index in [1.54, 1.807) is 0 Å². The van der Waals surface area contributed by atoms with Crippen LogP contribution in [0.4, 0.5) is 18.3 Å². The molecule has 0 aliphatic heterocycles. The van der Waals surface area contributed by atoms with Crippen LogP contribution in [0.5, 0.6) is 0 Å². The molecule has 8 heteroatoms. The van der Waals surface area contributed by atoms with Gasteiger partial charge in [-0.3, -0.25) is 0 Å². The Kier molecular flexibility index (Phi) is 3.86. The highest BCUT2D eigenvalue weighted by molar-refractivity contribution is 7.09. The van der Waals surface area contributed by atoms with Crippen LogP contribution in [0.2, 0.25) is 0 Å². The van der Waals surface area contributed by atoms with Crippen LogP contribution in [0.3, 0.4) is 0 Å². The van der Waals surface area contributed by atoms with E-state index in [1.165, 1.54) is 0 Å². The maximum Gasteiger partial charge on any atom is 0.452 e. The normalized spacial score (nSPS) is 13.9. The van der Waals surface area contributed by atoms with Crippen molar-refractivity contribution in [2.45, 2.75) is 13.1 Å². The van der Waals surface area contributed by atoms with Gasteiger partial charge in [-0.15, -0.1) is 0 Å². The molecular formula is C7H11F3N4S. The first kappa shape index (κ1) is 12.2. The molecule has 0 fully saturated rings. The third-order valence-electron chi connectivity index (χ3n) is 1.68. The van der Waals surface area contributed by atoms with Crippen molar-refractivity contribution in [2.75, 3.05) is 18.4 Å². The van der Waals surface area contributed by atoms with E-state index in [2.05, 4.69) is 14.7 Å². The van der Waals surface area contributed by atoms with Crippen molar-refractivity contribution >= 4 is 16.7 Å². The fraction of sp³-hybridized carbons (Fsp3) is 0.714. The average molecular weight is 240 g/mol. The number of nitrogens with one attached hydrogen (secondary N) is 1. The van der Waals surface area contributed by atoms with Crippen LogP contribution in [0, 0.1) is 5.92 Å². The topological polar surface area (TPSA) is 63.8 Å². The molecule has 0 radical (unpaired) electrons. The molecule has 1 aromatic rings. The maximum atomic E-state index is 12.1. The molecule has 0 aromatic carbocycles. The Labute approximate surface area is 88.9 Å². The van der Waals surface area contributed by atoms with Gasteiger partial charge in [0.15, 0.2) is 0 Å². The fourth-order valence-corrected chi connectivity index (χ4v) is 1.35. The SMILES string of the molecule is CC(CN)CNc1nc(C(F)(F)F)ns1. The molecule has 0 aliphatic rings. The molecule has 86 valence electrons. The third-order valence-corrected chi connectivity index (χ3v) is 2.36. The molecule has 0 spiro atoms. The zero-order valence-corrected chi connectivity index (χ0v) is 8.82. The second kappa shape index (κ2) is 4.75. The van der Waals surface area contributed by atoms with Crippen LogP contribution in [-0.2, 0) is 6.18 Å². The van der Waals surface area contributed by atoms with E-state index in [9.17, 15) is 13.2 Å². The zero-order valence-electron chi connectivity index (χ0n) is 8.01. The maximum absolute atomic E-state index is 12.1. The average Bonchev–Trinajstić information content (AvgIpc) is 2.61. The summed E-state index contributed by atoms with van der Waals surface area (Å²) in [4.78, 5) is 3.32. The summed E-state index contributed by atoms with van der Waals surface area (Å²) in [5.74, 6) is -0.918. The summed E-state index contributed by atoms with van der Waals surface area (Å²) in [6.45, 7) is 2.85. The van der Waals surface area contributed by atoms with Gasteiger partial charge in [0.1, 0.15) is 0 Å². The number of halogens is 3. The molecule has 0 aliphatic carbocycles. The van der Waals surface area contributed by atoms with Gasteiger partial charge in [-0.1, -0.05) is 6.92 Å². The van der Waals surface area contributed by atoms with Crippen LogP contribution in [0.15, 0.2) is 0 Å². The zero-order chi connectivity index (χ0) is 11.5. The molecule has 0 saturated heterocycles. The minimum Gasteiger partial charge on any atom is -0.360 e. The number of nitrogens with zero attached hydrogens (tertiary/aromatic N) is 2. The Bertz CT molecular complexity index is 311. The lowest BCUT2D eigenvalue weighted by Crippen LogP contribution is -2.19. The Morgan fingerprint density at radius 3 is 2.67 bits per heavy atom. The van der Waals surface area contributed by atoms with Gasteiger partial charge < -0.3 is 11.1 Å². The molecule has 0 bridgehead atoms. The molecule has 0 saturated carbocycles. The Balaban J connectivity index is 2.54. The van der Waals surface area contributed by atoms with E-state index in [4.69, 9.17) is 5.73 Å². The van der Waals surface area contributed by atoms with Gasteiger partial charge in [0.2, 0.25) is 11.0 Å². The lowest BCUT2D eigenvalue weighted by atomic mass is 10.2. The van der Waals surface area contributed by atoms with E-state index in [1.807, 2.05) is 6.92 Å². The number of aromatic nitrogens is 2. The first-order valence-electron chi connectivity index (χ1n) is 4.28. The lowest BCUT2D eigenvalue weighted by molar-refractivity contribution is -0.144. The Morgan fingerprint density at radius 2 is 2.20 bits per heavy atom. The largest absolute Gasteiger partial charge is 0.452 e. The minimum atomic E-state index is -4.48. The quantitative estimate of drug-likeness (QED) is 0.838. The van der Waals surface area contributed by atoms with Crippen molar-refractivity contribution in [3.63, 3.8) is 0 Å². The van der Waals surface area contributed by atoms with Crippen LogP contribution in [0.1, 0.15) is 12.7 Å². The van der Waals surface area contributed by atoms with Gasteiger partial charge in [0, 0.05) is 18.1 Å². The van der Waals surface area contributed by atoms with E-state index in [-0.39, 0.29) is 11.0 Å². The lowest BCUT2D eigenvalue weighted by Gasteiger charge is -2.07. The predicted molar refractivity (Wildman–Crippen MR) is 51.6 cm³/mol. The summed E-state index contributed by atoms with van der Waals surface area (Å²) in [6, 6.07) is 0. The van der Waals surface area contributed by atoms with E-state index in [0.717, 1.165) is 0 Å². The van der Waals surface area contributed by atoms with Crippen molar-refractivity contribution in [1.29, 1.82) is 0 Å². The number of hydrogen-bond donors (Lipinski definition) is 2. The summed E-state index contributed by atoms with van der Waals surface area (Å²) in [5, 5.41) is 2.92. The standard InChI is InChI=1S/C7H11F3N4S/c1-4(2-11)3-12-6-13-5(14-15-6)7(8,9)10/h4H,2-3,11H2,1H3,(H,12,13,14).